The third kappa shape index (κ3) is 4.83. The molecule has 0 radical (unpaired) electrons. The molecule has 3 heterocycles. The van der Waals surface area contributed by atoms with Crippen molar-refractivity contribution in [3.05, 3.63) is 82.4 Å². The summed E-state index contributed by atoms with van der Waals surface area (Å²) in [6, 6.07) is 8.99. The van der Waals surface area contributed by atoms with Gasteiger partial charge in [0.15, 0.2) is 17.3 Å². The average molecular weight is 466 g/mol. The van der Waals surface area contributed by atoms with Crippen molar-refractivity contribution in [1.29, 1.82) is 0 Å². The first-order valence-corrected chi connectivity index (χ1v) is 11.5. The van der Waals surface area contributed by atoms with Gasteiger partial charge in [0.25, 0.3) is 5.91 Å². The Morgan fingerprint density at radius 2 is 1.97 bits per heavy atom. The Kier molecular flexibility index (Phi) is 6.08. The predicted molar refractivity (Wildman–Crippen MR) is 120 cm³/mol. The first-order chi connectivity index (χ1) is 16.5. The van der Waals surface area contributed by atoms with Crippen LogP contribution in [0.25, 0.3) is 0 Å². The fourth-order valence-electron chi connectivity index (χ4n) is 4.28. The predicted octanol–water partition coefficient (Wildman–Crippen LogP) is 3.02. The molecule has 0 bridgehead atoms. The first-order valence-electron chi connectivity index (χ1n) is 11.5. The lowest BCUT2D eigenvalue weighted by Crippen LogP contribution is -2.38. The summed E-state index contributed by atoms with van der Waals surface area (Å²) in [5, 5.41) is 7.52. The van der Waals surface area contributed by atoms with Crippen molar-refractivity contribution >= 4 is 11.8 Å². The minimum Gasteiger partial charge on any atom is -0.345 e. The molecule has 1 saturated carbocycles. The molecule has 1 N–H and O–H groups in total. The van der Waals surface area contributed by atoms with Crippen molar-refractivity contribution in [3.63, 3.8) is 0 Å². The second-order valence-electron chi connectivity index (χ2n) is 8.89. The number of aromatic nitrogens is 3. The molecule has 34 heavy (non-hydrogen) atoms. The molecule has 2 aromatic heterocycles. The number of hydrogen-bond acceptors (Lipinski definition) is 4. The number of carbonyl (C=O) groups is 2. The third-order valence-electron chi connectivity index (χ3n) is 6.33. The molecular formula is C25H25F2N5O2. The Labute approximate surface area is 195 Å². The number of nitrogens with zero attached hydrogens (tertiary/aromatic N) is 4. The van der Waals surface area contributed by atoms with E-state index in [0.29, 0.717) is 30.1 Å². The molecule has 0 unspecified atom stereocenters. The van der Waals surface area contributed by atoms with Crippen LogP contribution in [0.2, 0.25) is 0 Å². The highest BCUT2D eigenvalue weighted by molar-refractivity contribution is 5.94. The summed E-state index contributed by atoms with van der Waals surface area (Å²) in [5.41, 5.74) is 3.23. The highest BCUT2D eigenvalue weighted by atomic mass is 19.2. The van der Waals surface area contributed by atoms with Gasteiger partial charge in [-0.15, -0.1) is 0 Å². The molecule has 0 atom stereocenters. The Morgan fingerprint density at radius 3 is 2.71 bits per heavy atom. The van der Waals surface area contributed by atoms with E-state index in [1.165, 1.54) is 6.07 Å². The van der Waals surface area contributed by atoms with Gasteiger partial charge >= 0.3 is 0 Å². The van der Waals surface area contributed by atoms with E-state index < -0.39 is 11.6 Å². The summed E-state index contributed by atoms with van der Waals surface area (Å²) in [6.07, 6.45) is 4.55. The van der Waals surface area contributed by atoms with Gasteiger partial charge in [0.1, 0.15) is 0 Å². The quantitative estimate of drug-likeness (QED) is 0.582. The number of benzene rings is 1. The standard InChI is InChI=1S/C25H25F2N5O2/c26-20-7-6-17(11-21(20)27)12-23(33)31-10-8-22-19(15-31)24(30-32(22)14-16-4-5-16)25(34)29-13-18-3-1-2-9-28-18/h1-3,6-7,9,11,16H,4-5,8,10,12-15H2,(H,29,34). The number of pyridine rings is 1. The van der Waals surface area contributed by atoms with Gasteiger partial charge in [-0.25, -0.2) is 8.78 Å². The SMILES string of the molecule is O=C(NCc1ccccn1)c1nn(CC2CC2)c2c1CN(C(=O)Cc1ccc(F)c(F)c1)CC2. The van der Waals surface area contributed by atoms with Crippen LogP contribution in [0.15, 0.2) is 42.6 Å². The van der Waals surface area contributed by atoms with Gasteiger partial charge in [0.05, 0.1) is 18.7 Å². The fourth-order valence-corrected chi connectivity index (χ4v) is 4.28. The second kappa shape index (κ2) is 9.32. The van der Waals surface area contributed by atoms with Crippen LogP contribution in [0.1, 0.15) is 45.8 Å². The van der Waals surface area contributed by atoms with Gasteiger partial charge in [-0.2, -0.15) is 5.10 Å². The number of fused-ring (bicyclic) bond motifs is 1. The minimum atomic E-state index is -0.973. The maximum atomic E-state index is 13.6. The molecule has 1 aromatic carbocycles. The van der Waals surface area contributed by atoms with E-state index in [0.717, 1.165) is 48.5 Å². The van der Waals surface area contributed by atoms with Gasteiger partial charge in [0, 0.05) is 43.5 Å². The van der Waals surface area contributed by atoms with Crippen LogP contribution in [-0.4, -0.2) is 38.0 Å². The van der Waals surface area contributed by atoms with Crippen LogP contribution in [0.5, 0.6) is 0 Å². The molecule has 176 valence electrons. The largest absolute Gasteiger partial charge is 0.345 e. The lowest BCUT2D eigenvalue weighted by atomic mass is 10.0. The Bertz CT molecular complexity index is 1220. The molecule has 2 amide bonds. The lowest BCUT2D eigenvalue weighted by Gasteiger charge is -2.28. The number of nitrogens with one attached hydrogen (secondary N) is 1. The van der Waals surface area contributed by atoms with E-state index in [4.69, 9.17) is 0 Å². The van der Waals surface area contributed by atoms with Crippen LogP contribution >= 0.6 is 0 Å². The zero-order valence-corrected chi connectivity index (χ0v) is 18.6. The maximum Gasteiger partial charge on any atom is 0.272 e. The normalized spacial score (nSPS) is 15.2. The van der Waals surface area contributed by atoms with E-state index in [1.54, 1.807) is 11.1 Å². The van der Waals surface area contributed by atoms with Crippen LogP contribution in [0.3, 0.4) is 0 Å². The van der Waals surface area contributed by atoms with Crippen LogP contribution in [0.4, 0.5) is 8.78 Å². The van der Waals surface area contributed by atoms with E-state index >= 15 is 0 Å². The minimum absolute atomic E-state index is 0.0377. The number of halogens is 2. The Morgan fingerprint density at radius 1 is 1.12 bits per heavy atom. The maximum absolute atomic E-state index is 13.6. The lowest BCUT2D eigenvalue weighted by molar-refractivity contribution is -0.131. The summed E-state index contributed by atoms with van der Waals surface area (Å²) in [4.78, 5) is 31.9. The van der Waals surface area contributed by atoms with E-state index in [-0.39, 0.29) is 31.3 Å². The monoisotopic (exact) mass is 465 g/mol. The number of carbonyl (C=O) groups excluding carboxylic acids is 2. The zero-order chi connectivity index (χ0) is 23.7. The summed E-state index contributed by atoms with van der Waals surface area (Å²) in [6.45, 7) is 1.80. The Balaban J connectivity index is 1.34. The zero-order valence-electron chi connectivity index (χ0n) is 18.6. The molecule has 7 nitrogen and oxygen atoms in total. The molecule has 2 aliphatic rings. The van der Waals surface area contributed by atoms with Crippen LogP contribution in [-0.2, 0) is 37.3 Å². The molecule has 0 saturated heterocycles. The van der Waals surface area contributed by atoms with E-state index in [1.807, 2.05) is 22.9 Å². The molecule has 1 fully saturated rings. The molecule has 5 rings (SSSR count). The fraction of sp³-hybridized carbons (Fsp3) is 0.360. The smallest absolute Gasteiger partial charge is 0.272 e. The van der Waals surface area contributed by atoms with Crippen molar-refractivity contribution in [2.24, 2.45) is 5.92 Å². The van der Waals surface area contributed by atoms with Gasteiger partial charge in [0.2, 0.25) is 5.91 Å². The van der Waals surface area contributed by atoms with Gasteiger partial charge in [-0.1, -0.05) is 12.1 Å². The molecule has 0 spiro atoms. The highest BCUT2D eigenvalue weighted by Gasteiger charge is 2.32. The number of hydrogen-bond donors (Lipinski definition) is 1. The van der Waals surface area contributed by atoms with Crippen molar-refractivity contribution < 1.29 is 18.4 Å². The van der Waals surface area contributed by atoms with Crippen molar-refractivity contribution in [1.82, 2.24) is 25.0 Å². The second-order valence-corrected chi connectivity index (χ2v) is 8.89. The van der Waals surface area contributed by atoms with Crippen molar-refractivity contribution in [2.75, 3.05) is 6.54 Å². The molecule has 1 aliphatic carbocycles. The summed E-state index contributed by atoms with van der Waals surface area (Å²) >= 11 is 0. The van der Waals surface area contributed by atoms with Crippen LogP contribution in [0, 0.1) is 17.6 Å². The summed E-state index contributed by atoms with van der Waals surface area (Å²) in [7, 11) is 0. The van der Waals surface area contributed by atoms with Crippen molar-refractivity contribution in [2.45, 2.75) is 45.3 Å². The summed E-state index contributed by atoms with van der Waals surface area (Å²) in [5.74, 6) is -1.83. The average Bonchev–Trinajstić information content (AvgIpc) is 3.60. The highest BCUT2D eigenvalue weighted by Crippen LogP contribution is 2.32. The van der Waals surface area contributed by atoms with Crippen LogP contribution < -0.4 is 5.32 Å². The third-order valence-corrected chi connectivity index (χ3v) is 6.33. The van der Waals surface area contributed by atoms with E-state index in [9.17, 15) is 18.4 Å². The first kappa shape index (κ1) is 22.2. The van der Waals surface area contributed by atoms with Crippen molar-refractivity contribution in [3.8, 4) is 0 Å². The Hall–Kier alpha value is -3.62. The summed E-state index contributed by atoms with van der Waals surface area (Å²) < 4.78 is 28.7. The molecule has 9 heteroatoms. The molecular weight excluding hydrogens is 440 g/mol. The number of rotatable bonds is 7. The topological polar surface area (TPSA) is 80.1 Å². The molecule has 3 aromatic rings. The van der Waals surface area contributed by atoms with Gasteiger partial charge < -0.3 is 10.2 Å². The molecule has 1 aliphatic heterocycles. The van der Waals surface area contributed by atoms with Gasteiger partial charge in [-0.3, -0.25) is 19.3 Å². The van der Waals surface area contributed by atoms with E-state index in [2.05, 4.69) is 15.4 Å². The number of amides is 2. The van der Waals surface area contributed by atoms with Gasteiger partial charge in [-0.05, 0) is 48.6 Å².